The standard InChI is InChI=1S/C22H47NO4Si/c1-16(2)28(17(3)4,18(5)6)26-13-12-22(10,11)14-19(15-24)23-20(25)27-21(7,8)9/h16-19,24H,12-15H2,1-11H3,(H,23,25). The summed E-state index contributed by atoms with van der Waals surface area (Å²) in [5.74, 6) is 0. The summed E-state index contributed by atoms with van der Waals surface area (Å²) in [6, 6.07) is -0.327. The molecule has 28 heavy (non-hydrogen) atoms. The van der Waals surface area contributed by atoms with E-state index in [9.17, 15) is 9.90 Å². The molecule has 1 atom stereocenters. The maximum absolute atomic E-state index is 12.0. The van der Waals surface area contributed by atoms with Gasteiger partial charge in [-0.15, -0.1) is 0 Å². The molecule has 168 valence electrons. The van der Waals surface area contributed by atoms with Crippen LogP contribution in [0.25, 0.3) is 0 Å². The summed E-state index contributed by atoms with van der Waals surface area (Å²) in [6.45, 7) is 24.2. The van der Waals surface area contributed by atoms with Crippen molar-refractivity contribution in [2.24, 2.45) is 5.41 Å². The minimum Gasteiger partial charge on any atom is -0.444 e. The molecule has 0 aromatic heterocycles. The number of aliphatic hydroxyl groups is 1. The number of hydrogen-bond donors (Lipinski definition) is 2. The van der Waals surface area contributed by atoms with E-state index in [-0.39, 0.29) is 18.1 Å². The van der Waals surface area contributed by atoms with Gasteiger partial charge in [-0.2, -0.15) is 0 Å². The third kappa shape index (κ3) is 8.83. The number of nitrogens with one attached hydrogen (secondary N) is 1. The number of carbonyl (C=O) groups is 1. The fraction of sp³-hybridized carbons (Fsp3) is 0.955. The Morgan fingerprint density at radius 1 is 0.964 bits per heavy atom. The van der Waals surface area contributed by atoms with Crippen molar-refractivity contribution in [2.45, 2.75) is 117 Å². The first kappa shape index (κ1) is 27.4. The van der Waals surface area contributed by atoms with Gasteiger partial charge in [-0.25, -0.2) is 4.79 Å². The summed E-state index contributed by atoms with van der Waals surface area (Å²) < 4.78 is 12.0. The van der Waals surface area contributed by atoms with Crippen molar-refractivity contribution in [3.05, 3.63) is 0 Å². The van der Waals surface area contributed by atoms with Gasteiger partial charge in [0.05, 0.1) is 12.6 Å². The smallest absolute Gasteiger partial charge is 0.407 e. The molecular weight excluding hydrogens is 370 g/mol. The van der Waals surface area contributed by atoms with E-state index in [1.807, 2.05) is 20.8 Å². The van der Waals surface area contributed by atoms with Gasteiger partial charge in [0.1, 0.15) is 5.60 Å². The quantitative estimate of drug-likeness (QED) is 0.412. The molecule has 0 fully saturated rings. The van der Waals surface area contributed by atoms with Gasteiger partial charge in [-0.05, 0) is 55.7 Å². The molecule has 0 heterocycles. The van der Waals surface area contributed by atoms with Crippen molar-refractivity contribution in [1.29, 1.82) is 0 Å². The molecule has 0 spiro atoms. The lowest BCUT2D eigenvalue weighted by Gasteiger charge is -2.43. The Morgan fingerprint density at radius 3 is 1.79 bits per heavy atom. The van der Waals surface area contributed by atoms with Crippen LogP contribution in [0.15, 0.2) is 0 Å². The highest BCUT2D eigenvalue weighted by molar-refractivity contribution is 6.77. The van der Waals surface area contributed by atoms with Gasteiger partial charge < -0.3 is 19.6 Å². The first-order chi connectivity index (χ1) is 12.6. The Hall–Kier alpha value is -0.593. The summed E-state index contributed by atoms with van der Waals surface area (Å²) >= 11 is 0. The van der Waals surface area contributed by atoms with Crippen LogP contribution in [0.5, 0.6) is 0 Å². The van der Waals surface area contributed by atoms with E-state index in [1.165, 1.54) is 0 Å². The van der Waals surface area contributed by atoms with Crippen LogP contribution < -0.4 is 5.32 Å². The van der Waals surface area contributed by atoms with Gasteiger partial charge in [0.25, 0.3) is 0 Å². The molecular formula is C22H47NO4Si. The fourth-order valence-corrected chi connectivity index (χ4v) is 9.86. The second kappa shape index (κ2) is 11.0. The maximum Gasteiger partial charge on any atom is 0.407 e. The van der Waals surface area contributed by atoms with Crippen molar-refractivity contribution in [3.8, 4) is 0 Å². The molecule has 6 heteroatoms. The molecule has 0 rings (SSSR count). The van der Waals surface area contributed by atoms with Crippen LogP contribution in [0.3, 0.4) is 0 Å². The molecule has 5 nitrogen and oxygen atoms in total. The van der Waals surface area contributed by atoms with Crippen LogP contribution in [0, 0.1) is 5.41 Å². The lowest BCUT2D eigenvalue weighted by molar-refractivity contribution is 0.0457. The number of ether oxygens (including phenoxy) is 1. The molecule has 2 N–H and O–H groups in total. The van der Waals surface area contributed by atoms with E-state index in [2.05, 4.69) is 60.7 Å². The molecule has 1 unspecified atom stereocenters. The lowest BCUT2D eigenvalue weighted by atomic mass is 9.83. The normalized spacial score (nSPS) is 14.7. The van der Waals surface area contributed by atoms with Gasteiger partial charge >= 0.3 is 6.09 Å². The predicted molar refractivity (Wildman–Crippen MR) is 120 cm³/mol. The van der Waals surface area contributed by atoms with Crippen LogP contribution in [-0.2, 0) is 9.16 Å². The van der Waals surface area contributed by atoms with E-state index in [0.717, 1.165) is 13.0 Å². The van der Waals surface area contributed by atoms with Gasteiger partial charge in [0.15, 0.2) is 8.32 Å². The Labute approximate surface area is 175 Å². The zero-order valence-electron chi connectivity index (χ0n) is 20.3. The first-order valence-corrected chi connectivity index (χ1v) is 13.0. The van der Waals surface area contributed by atoms with Crippen molar-refractivity contribution >= 4 is 14.4 Å². The molecule has 0 saturated heterocycles. The highest BCUT2D eigenvalue weighted by Crippen LogP contribution is 2.42. The molecule has 0 aromatic rings. The van der Waals surface area contributed by atoms with Gasteiger partial charge in [0, 0.05) is 6.61 Å². The zero-order valence-corrected chi connectivity index (χ0v) is 21.3. The zero-order chi connectivity index (χ0) is 22.3. The number of hydrogen-bond acceptors (Lipinski definition) is 4. The van der Waals surface area contributed by atoms with Crippen molar-refractivity contribution in [3.63, 3.8) is 0 Å². The second-order valence-electron chi connectivity index (χ2n) is 10.8. The van der Waals surface area contributed by atoms with Gasteiger partial charge in [-0.1, -0.05) is 55.4 Å². The van der Waals surface area contributed by atoms with Gasteiger partial charge in [-0.3, -0.25) is 0 Å². The van der Waals surface area contributed by atoms with Crippen LogP contribution in [0.2, 0.25) is 16.6 Å². The molecule has 0 radical (unpaired) electrons. The fourth-order valence-electron chi connectivity index (χ4n) is 4.41. The first-order valence-electron chi connectivity index (χ1n) is 10.8. The van der Waals surface area contributed by atoms with Crippen LogP contribution in [-0.4, -0.2) is 44.4 Å². The Kier molecular flexibility index (Phi) is 10.7. The summed E-state index contributed by atoms with van der Waals surface area (Å²) in [5, 5.41) is 12.5. The predicted octanol–water partition coefficient (Wildman–Crippen LogP) is 5.87. The van der Waals surface area contributed by atoms with Crippen LogP contribution in [0.1, 0.15) is 89.0 Å². The third-order valence-electron chi connectivity index (χ3n) is 5.58. The van der Waals surface area contributed by atoms with Crippen molar-refractivity contribution in [1.82, 2.24) is 5.32 Å². The topological polar surface area (TPSA) is 67.8 Å². The molecule has 0 aliphatic carbocycles. The number of amides is 1. The molecule has 0 bridgehead atoms. The van der Waals surface area contributed by atoms with E-state index in [4.69, 9.17) is 9.16 Å². The van der Waals surface area contributed by atoms with Crippen LogP contribution >= 0.6 is 0 Å². The van der Waals surface area contributed by atoms with E-state index < -0.39 is 20.0 Å². The van der Waals surface area contributed by atoms with Crippen LogP contribution in [0.4, 0.5) is 4.79 Å². The maximum atomic E-state index is 12.0. The Balaban J connectivity index is 4.87. The Bertz CT molecular complexity index is 448. The van der Waals surface area contributed by atoms with E-state index >= 15 is 0 Å². The SMILES string of the molecule is CC(C)[Si](OCCC(C)(C)CC(CO)NC(=O)OC(C)(C)C)(C(C)C)C(C)C. The second-order valence-corrected chi connectivity index (χ2v) is 16.3. The highest BCUT2D eigenvalue weighted by Gasteiger charge is 2.45. The summed E-state index contributed by atoms with van der Waals surface area (Å²) in [6.07, 6.45) is 1.08. The van der Waals surface area contributed by atoms with E-state index in [1.54, 1.807) is 0 Å². The van der Waals surface area contributed by atoms with E-state index in [0.29, 0.717) is 23.0 Å². The molecule has 0 aliphatic heterocycles. The van der Waals surface area contributed by atoms with Gasteiger partial charge in [0.2, 0.25) is 0 Å². The number of rotatable bonds is 11. The third-order valence-corrected chi connectivity index (χ3v) is 11.7. The molecule has 0 saturated carbocycles. The average Bonchev–Trinajstić information content (AvgIpc) is 2.47. The summed E-state index contributed by atoms with van der Waals surface area (Å²) in [5.41, 5.74) is 1.08. The number of aliphatic hydroxyl groups excluding tert-OH is 1. The monoisotopic (exact) mass is 417 g/mol. The Morgan fingerprint density at radius 2 is 1.43 bits per heavy atom. The summed E-state index contributed by atoms with van der Waals surface area (Å²) in [4.78, 5) is 12.0. The molecule has 0 aliphatic rings. The number of carbonyl (C=O) groups excluding carboxylic acids is 1. The van der Waals surface area contributed by atoms with Crippen molar-refractivity contribution < 1.29 is 19.1 Å². The molecule has 1 amide bonds. The minimum absolute atomic E-state index is 0.0620. The highest BCUT2D eigenvalue weighted by atomic mass is 28.4. The number of alkyl carbamates (subject to hydrolysis) is 1. The van der Waals surface area contributed by atoms with Crippen molar-refractivity contribution in [2.75, 3.05) is 13.2 Å². The molecule has 0 aromatic carbocycles. The lowest BCUT2D eigenvalue weighted by Crippen LogP contribution is -2.48. The average molecular weight is 418 g/mol. The summed E-state index contributed by atoms with van der Waals surface area (Å²) in [7, 11) is -1.87. The largest absolute Gasteiger partial charge is 0.444 e. The minimum atomic E-state index is -1.87.